The van der Waals surface area contributed by atoms with Crippen LogP contribution >= 0.6 is 0 Å². The Hall–Kier alpha value is -1.82. The Bertz CT molecular complexity index is 536. The van der Waals surface area contributed by atoms with E-state index in [0.717, 1.165) is 32.1 Å². The van der Waals surface area contributed by atoms with Gasteiger partial charge in [0.25, 0.3) is 0 Å². The van der Waals surface area contributed by atoms with Crippen LogP contribution in [0.25, 0.3) is 11.4 Å². The van der Waals surface area contributed by atoms with E-state index in [9.17, 15) is 4.39 Å². The van der Waals surface area contributed by atoms with E-state index in [0.29, 0.717) is 23.2 Å². The Morgan fingerprint density at radius 1 is 1.28 bits per heavy atom. The molecule has 6 heteroatoms. The first-order chi connectivity index (χ1) is 8.83. The van der Waals surface area contributed by atoms with Crippen molar-refractivity contribution >= 4 is 0 Å². The van der Waals surface area contributed by atoms with Gasteiger partial charge in [-0.2, -0.15) is 4.98 Å². The molecule has 1 saturated heterocycles. The summed E-state index contributed by atoms with van der Waals surface area (Å²) in [6.07, 6.45) is 4.66. The van der Waals surface area contributed by atoms with Crippen LogP contribution in [-0.2, 0) is 0 Å². The number of pyridine rings is 1. The van der Waals surface area contributed by atoms with Crippen LogP contribution < -0.4 is 5.32 Å². The summed E-state index contributed by atoms with van der Waals surface area (Å²) in [6.45, 7) is 1.92. The number of nitrogens with one attached hydrogen (secondary N) is 1. The van der Waals surface area contributed by atoms with Gasteiger partial charge >= 0.3 is 0 Å². The Labute approximate surface area is 103 Å². The molecule has 18 heavy (non-hydrogen) atoms. The normalized spacial score (nSPS) is 16.9. The first-order valence-corrected chi connectivity index (χ1v) is 5.98. The van der Waals surface area contributed by atoms with E-state index in [2.05, 4.69) is 20.4 Å². The summed E-state index contributed by atoms with van der Waals surface area (Å²) < 4.78 is 18.3. The maximum absolute atomic E-state index is 13.1. The molecule has 0 unspecified atom stereocenters. The summed E-state index contributed by atoms with van der Waals surface area (Å²) >= 11 is 0. The summed E-state index contributed by atoms with van der Waals surface area (Å²) in [5, 5.41) is 7.17. The number of aromatic nitrogens is 3. The average molecular weight is 248 g/mol. The highest BCUT2D eigenvalue weighted by molar-refractivity contribution is 5.52. The van der Waals surface area contributed by atoms with E-state index < -0.39 is 5.82 Å². The molecule has 2 aromatic rings. The minimum Gasteiger partial charge on any atom is -0.339 e. The zero-order chi connectivity index (χ0) is 12.4. The molecular formula is C12H13FN4O. The van der Waals surface area contributed by atoms with Gasteiger partial charge in [-0.05, 0) is 32.0 Å². The fraction of sp³-hybridized carbons (Fsp3) is 0.417. The van der Waals surface area contributed by atoms with E-state index in [1.54, 1.807) is 0 Å². The fourth-order valence-electron chi connectivity index (χ4n) is 2.12. The lowest BCUT2D eigenvalue weighted by atomic mass is 9.98. The zero-order valence-corrected chi connectivity index (χ0v) is 9.77. The van der Waals surface area contributed by atoms with E-state index in [4.69, 9.17) is 4.52 Å². The minimum absolute atomic E-state index is 0.300. The van der Waals surface area contributed by atoms with Crippen molar-refractivity contribution in [3.05, 3.63) is 30.2 Å². The lowest BCUT2D eigenvalue weighted by molar-refractivity contribution is 0.320. The van der Waals surface area contributed by atoms with E-state index >= 15 is 0 Å². The van der Waals surface area contributed by atoms with Gasteiger partial charge in [0.15, 0.2) is 0 Å². The molecule has 1 N–H and O–H groups in total. The van der Waals surface area contributed by atoms with Crippen molar-refractivity contribution in [3.8, 4) is 11.4 Å². The number of hydrogen-bond donors (Lipinski definition) is 1. The zero-order valence-electron chi connectivity index (χ0n) is 9.77. The number of nitrogens with zero attached hydrogens (tertiary/aromatic N) is 3. The summed E-state index contributed by atoms with van der Waals surface area (Å²) in [6, 6.07) is 1.35. The third-order valence-electron chi connectivity index (χ3n) is 3.09. The van der Waals surface area contributed by atoms with Gasteiger partial charge in [-0.25, -0.2) is 4.39 Å². The van der Waals surface area contributed by atoms with Crippen molar-refractivity contribution < 1.29 is 8.91 Å². The van der Waals surface area contributed by atoms with Crippen molar-refractivity contribution in [2.75, 3.05) is 13.1 Å². The second-order valence-corrected chi connectivity index (χ2v) is 4.37. The van der Waals surface area contributed by atoms with Crippen molar-refractivity contribution in [1.29, 1.82) is 0 Å². The van der Waals surface area contributed by atoms with E-state index in [1.165, 1.54) is 12.3 Å². The van der Waals surface area contributed by atoms with E-state index in [-0.39, 0.29) is 0 Å². The average Bonchev–Trinajstić information content (AvgIpc) is 2.89. The predicted octanol–water partition coefficient (Wildman–Crippen LogP) is 1.74. The molecule has 0 atom stereocenters. The SMILES string of the molecule is Fc1cncc(-c2noc(C3CCNCC3)n2)c1. The third-order valence-corrected chi connectivity index (χ3v) is 3.09. The predicted molar refractivity (Wildman–Crippen MR) is 62.3 cm³/mol. The number of piperidine rings is 1. The first kappa shape index (κ1) is 11.3. The van der Waals surface area contributed by atoms with E-state index in [1.807, 2.05) is 0 Å². The third kappa shape index (κ3) is 2.24. The second-order valence-electron chi connectivity index (χ2n) is 4.37. The van der Waals surface area contributed by atoms with Crippen LogP contribution in [0.15, 0.2) is 23.0 Å². The van der Waals surface area contributed by atoms with Crippen LogP contribution in [0.4, 0.5) is 4.39 Å². The summed E-state index contributed by atoms with van der Waals surface area (Å²) in [7, 11) is 0. The highest BCUT2D eigenvalue weighted by Crippen LogP contribution is 2.25. The molecule has 1 aliphatic heterocycles. The molecule has 3 heterocycles. The molecule has 0 saturated carbocycles. The Morgan fingerprint density at radius 2 is 2.11 bits per heavy atom. The second kappa shape index (κ2) is 4.81. The highest BCUT2D eigenvalue weighted by atomic mass is 19.1. The largest absolute Gasteiger partial charge is 0.339 e. The van der Waals surface area contributed by atoms with Crippen molar-refractivity contribution in [1.82, 2.24) is 20.4 Å². The van der Waals surface area contributed by atoms with Gasteiger partial charge in [0.2, 0.25) is 11.7 Å². The molecule has 5 nitrogen and oxygen atoms in total. The molecule has 94 valence electrons. The summed E-state index contributed by atoms with van der Waals surface area (Å²) in [4.78, 5) is 8.11. The Balaban J connectivity index is 1.84. The highest BCUT2D eigenvalue weighted by Gasteiger charge is 2.21. The summed E-state index contributed by atoms with van der Waals surface area (Å²) in [5.74, 6) is 0.932. The number of rotatable bonds is 2. The van der Waals surface area contributed by atoms with Crippen LogP contribution in [0.3, 0.4) is 0 Å². The fourth-order valence-corrected chi connectivity index (χ4v) is 2.12. The van der Waals surface area contributed by atoms with Gasteiger partial charge in [0.05, 0.1) is 6.20 Å². The quantitative estimate of drug-likeness (QED) is 0.877. The van der Waals surface area contributed by atoms with Crippen LogP contribution in [0, 0.1) is 5.82 Å². The number of halogens is 1. The molecule has 3 rings (SSSR count). The monoisotopic (exact) mass is 248 g/mol. The maximum atomic E-state index is 13.1. The molecule has 1 aliphatic rings. The van der Waals surface area contributed by atoms with Gasteiger partial charge in [-0.1, -0.05) is 5.16 Å². The molecule has 2 aromatic heterocycles. The molecular weight excluding hydrogens is 235 g/mol. The topological polar surface area (TPSA) is 63.8 Å². The smallest absolute Gasteiger partial charge is 0.230 e. The summed E-state index contributed by atoms with van der Waals surface area (Å²) in [5.41, 5.74) is 0.541. The van der Waals surface area contributed by atoms with Gasteiger partial charge in [0, 0.05) is 17.7 Å². The maximum Gasteiger partial charge on any atom is 0.230 e. The van der Waals surface area contributed by atoms with Gasteiger partial charge in [-0.3, -0.25) is 4.98 Å². The lowest BCUT2D eigenvalue weighted by Gasteiger charge is -2.18. The Morgan fingerprint density at radius 3 is 2.89 bits per heavy atom. The van der Waals surface area contributed by atoms with Gasteiger partial charge in [0.1, 0.15) is 5.82 Å². The van der Waals surface area contributed by atoms with Gasteiger partial charge < -0.3 is 9.84 Å². The molecule has 0 aliphatic carbocycles. The molecule has 0 aromatic carbocycles. The van der Waals surface area contributed by atoms with Crippen LogP contribution in [0.1, 0.15) is 24.7 Å². The van der Waals surface area contributed by atoms with Crippen LogP contribution in [-0.4, -0.2) is 28.2 Å². The van der Waals surface area contributed by atoms with Crippen LogP contribution in [0.5, 0.6) is 0 Å². The molecule has 0 amide bonds. The van der Waals surface area contributed by atoms with Crippen molar-refractivity contribution in [2.45, 2.75) is 18.8 Å². The minimum atomic E-state index is -0.402. The molecule has 0 spiro atoms. The van der Waals surface area contributed by atoms with Crippen molar-refractivity contribution in [2.24, 2.45) is 0 Å². The van der Waals surface area contributed by atoms with Crippen molar-refractivity contribution in [3.63, 3.8) is 0 Å². The number of hydrogen-bond acceptors (Lipinski definition) is 5. The molecule has 0 bridgehead atoms. The first-order valence-electron chi connectivity index (χ1n) is 5.98. The molecule has 1 fully saturated rings. The standard InChI is InChI=1S/C12H13FN4O/c13-10-5-9(6-15-7-10)11-16-12(18-17-11)8-1-3-14-4-2-8/h5-8,14H,1-4H2. The van der Waals surface area contributed by atoms with Gasteiger partial charge in [-0.15, -0.1) is 0 Å². The Kier molecular flexibility index (Phi) is 3.02. The molecule has 0 radical (unpaired) electrons. The lowest BCUT2D eigenvalue weighted by Crippen LogP contribution is -2.26. The van der Waals surface area contributed by atoms with Crippen LogP contribution in [0.2, 0.25) is 0 Å².